The first-order valence-corrected chi connectivity index (χ1v) is 5.79. The fourth-order valence-corrected chi connectivity index (χ4v) is 1.21. The highest BCUT2D eigenvalue weighted by Crippen LogP contribution is 2.22. The van der Waals surface area contributed by atoms with Crippen LogP contribution in [0.15, 0.2) is 12.1 Å². The summed E-state index contributed by atoms with van der Waals surface area (Å²) < 4.78 is 15.8. The van der Waals surface area contributed by atoms with Crippen molar-refractivity contribution in [2.24, 2.45) is 0 Å². The van der Waals surface area contributed by atoms with Gasteiger partial charge in [0.2, 0.25) is 11.8 Å². The number of hydrogen-bond donors (Lipinski definition) is 1. The van der Waals surface area contributed by atoms with Gasteiger partial charge < -0.3 is 19.9 Å². The number of aromatic nitrogens is 1. The molecule has 0 aliphatic rings. The first-order chi connectivity index (χ1) is 8.27. The number of rotatable bonds is 8. The Hall–Kier alpha value is -1.49. The first kappa shape index (κ1) is 13.6. The van der Waals surface area contributed by atoms with Gasteiger partial charge in [-0.1, -0.05) is 6.92 Å². The molecule has 0 saturated carbocycles. The maximum Gasteiger partial charge on any atom is 0.240 e. The largest absolute Gasteiger partial charge is 0.477 e. The van der Waals surface area contributed by atoms with E-state index in [2.05, 4.69) is 4.98 Å². The lowest BCUT2D eigenvalue weighted by atomic mass is 10.4. The second kappa shape index (κ2) is 7.73. The van der Waals surface area contributed by atoms with Crippen LogP contribution in [0.4, 0.5) is 5.69 Å². The van der Waals surface area contributed by atoms with Gasteiger partial charge >= 0.3 is 0 Å². The Kier molecular flexibility index (Phi) is 6.17. The van der Waals surface area contributed by atoms with E-state index in [0.717, 1.165) is 12.8 Å². The SMILES string of the molecule is CCCOc1nc(OCCCOC)ccc1N. The Morgan fingerprint density at radius 2 is 2.00 bits per heavy atom. The van der Waals surface area contributed by atoms with Gasteiger partial charge in [0.1, 0.15) is 0 Å². The number of hydrogen-bond acceptors (Lipinski definition) is 5. The summed E-state index contributed by atoms with van der Waals surface area (Å²) in [5.41, 5.74) is 6.27. The van der Waals surface area contributed by atoms with Gasteiger partial charge in [0, 0.05) is 26.2 Å². The summed E-state index contributed by atoms with van der Waals surface area (Å²) in [6.45, 7) is 3.87. The monoisotopic (exact) mass is 240 g/mol. The summed E-state index contributed by atoms with van der Waals surface area (Å²) in [6.07, 6.45) is 1.74. The lowest BCUT2D eigenvalue weighted by Crippen LogP contribution is -2.05. The quantitative estimate of drug-likeness (QED) is 0.703. The molecule has 0 bridgehead atoms. The van der Waals surface area contributed by atoms with Crippen molar-refractivity contribution in [3.05, 3.63) is 12.1 Å². The van der Waals surface area contributed by atoms with Crippen LogP contribution in [0.25, 0.3) is 0 Å². The lowest BCUT2D eigenvalue weighted by Gasteiger charge is -2.09. The van der Waals surface area contributed by atoms with Crippen LogP contribution in [-0.2, 0) is 4.74 Å². The van der Waals surface area contributed by atoms with E-state index in [0.29, 0.717) is 37.3 Å². The molecule has 2 N–H and O–H groups in total. The molecule has 0 amide bonds. The number of nitrogens with zero attached hydrogens (tertiary/aromatic N) is 1. The van der Waals surface area contributed by atoms with Gasteiger partial charge in [-0.15, -0.1) is 0 Å². The van der Waals surface area contributed by atoms with Crippen molar-refractivity contribution in [2.45, 2.75) is 19.8 Å². The number of ether oxygens (including phenoxy) is 3. The van der Waals surface area contributed by atoms with Gasteiger partial charge in [-0.25, -0.2) is 0 Å². The molecule has 0 aliphatic heterocycles. The summed E-state index contributed by atoms with van der Waals surface area (Å²) in [6, 6.07) is 3.48. The Morgan fingerprint density at radius 3 is 2.71 bits per heavy atom. The third kappa shape index (κ3) is 4.91. The van der Waals surface area contributed by atoms with E-state index in [-0.39, 0.29) is 0 Å². The van der Waals surface area contributed by atoms with Gasteiger partial charge in [0.05, 0.1) is 18.9 Å². The number of anilines is 1. The molecule has 1 rings (SSSR count). The summed E-state index contributed by atoms with van der Waals surface area (Å²) in [5, 5.41) is 0. The van der Waals surface area contributed by atoms with Crippen molar-refractivity contribution in [1.82, 2.24) is 4.98 Å². The highest BCUT2D eigenvalue weighted by Gasteiger charge is 2.04. The maximum absolute atomic E-state index is 5.74. The van der Waals surface area contributed by atoms with Crippen LogP contribution in [0.2, 0.25) is 0 Å². The molecular formula is C12H20N2O3. The molecule has 0 saturated heterocycles. The number of nitrogens with two attached hydrogens (primary N) is 1. The van der Waals surface area contributed by atoms with Gasteiger partial charge in [0.25, 0.3) is 0 Å². The maximum atomic E-state index is 5.74. The normalized spacial score (nSPS) is 10.2. The van der Waals surface area contributed by atoms with Gasteiger partial charge in [-0.3, -0.25) is 0 Å². The van der Waals surface area contributed by atoms with Crippen LogP contribution >= 0.6 is 0 Å². The first-order valence-electron chi connectivity index (χ1n) is 5.79. The topological polar surface area (TPSA) is 66.6 Å². The Bertz CT molecular complexity index is 332. The summed E-state index contributed by atoms with van der Waals surface area (Å²) in [4.78, 5) is 4.20. The molecule has 0 aliphatic carbocycles. The standard InChI is InChI=1S/C12H20N2O3/c1-3-7-17-12-10(13)5-6-11(14-12)16-9-4-8-15-2/h5-6H,3-4,7-9,13H2,1-2H3. The van der Waals surface area contributed by atoms with Crippen molar-refractivity contribution >= 4 is 5.69 Å². The van der Waals surface area contributed by atoms with Crippen molar-refractivity contribution in [3.63, 3.8) is 0 Å². The van der Waals surface area contributed by atoms with Crippen molar-refractivity contribution < 1.29 is 14.2 Å². The summed E-state index contributed by atoms with van der Waals surface area (Å²) >= 11 is 0. The summed E-state index contributed by atoms with van der Waals surface area (Å²) in [5.74, 6) is 0.970. The van der Waals surface area contributed by atoms with Gasteiger partial charge in [-0.05, 0) is 12.5 Å². The van der Waals surface area contributed by atoms with Gasteiger partial charge in [0.15, 0.2) is 0 Å². The van der Waals surface area contributed by atoms with E-state index >= 15 is 0 Å². The molecule has 5 heteroatoms. The van der Waals surface area contributed by atoms with E-state index < -0.39 is 0 Å². The van der Waals surface area contributed by atoms with Crippen LogP contribution < -0.4 is 15.2 Å². The van der Waals surface area contributed by atoms with Crippen LogP contribution in [-0.4, -0.2) is 31.9 Å². The fourth-order valence-electron chi connectivity index (χ4n) is 1.21. The minimum Gasteiger partial charge on any atom is -0.477 e. The molecule has 5 nitrogen and oxygen atoms in total. The Morgan fingerprint density at radius 1 is 1.18 bits per heavy atom. The zero-order valence-electron chi connectivity index (χ0n) is 10.4. The molecule has 0 atom stereocenters. The van der Waals surface area contributed by atoms with Crippen LogP contribution in [0.5, 0.6) is 11.8 Å². The fraction of sp³-hybridized carbons (Fsp3) is 0.583. The van der Waals surface area contributed by atoms with Crippen molar-refractivity contribution in [3.8, 4) is 11.8 Å². The minimum atomic E-state index is 0.441. The molecule has 0 unspecified atom stereocenters. The van der Waals surface area contributed by atoms with Crippen LogP contribution in [0.1, 0.15) is 19.8 Å². The van der Waals surface area contributed by atoms with Gasteiger partial charge in [-0.2, -0.15) is 4.98 Å². The van der Waals surface area contributed by atoms with E-state index in [1.54, 1.807) is 19.2 Å². The minimum absolute atomic E-state index is 0.441. The second-order valence-electron chi connectivity index (χ2n) is 3.59. The molecule has 0 aromatic carbocycles. The van der Waals surface area contributed by atoms with Crippen molar-refractivity contribution in [1.29, 1.82) is 0 Å². The predicted molar refractivity (Wildman–Crippen MR) is 66.4 cm³/mol. The highest BCUT2D eigenvalue weighted by molar-refractivity contribution is 5.49. The number of nitrogen functional groups attached to an aromatic ring is 1. The highest BCUT2D eigenvalue weighted by atomic mass is 16.5. The zero-order valence-corrected chi connectivity index (χ0v) is 10.4. The van der Waals surface area contributed by atoms with Crippen LogP contribution in [0.3, 0.4) is 0 Å². The Balaban J connectivity index is 2.49. The third-order valence-corrected chi connectivity index (χ3v) is 2.05. The molecule has 1 heterocycles. The average Bonchev–Trinajstić information content (AvgIpc) is 2.35. The molecule has 17 heavy (non-hydrogen) atoms. The Labute approximate surface area is 102 Å². The molecular weight excluding hydrogens is 220 g/mol. The zero-order chi connectivity index (χ0) is 12.5. The van der Waals surface area contributed by atoms with E-state index in [1.807, 2.05) is 6.92 Å². The van der Waals surface area contributed by atoms with Crippen LogP contribution in [0, 0.1) is 0 Å². The smallest absolute Gasteiger partial charge is 0.240 e. The predicted octanol–water partition coefficient (Wildman–Crippen LogP) is 1.87. The molecule has 0 fully saturated rings. The van der Waals surface area contributed by atoms with E-state index in [1.165, 1.54) is 0 Å². The molecule has 0 radical (unpaired) electrons. The van der Waals surface area contributed by atoms with E-state index in [9.17, 15) is 0 Å². The van der Waals surface area contributed by atoms with E-state index in [4.69, 9.17) is 19.9 Å². The molecule has 1 aromatic heterocycles. The molecule has 1 aromatic rings. The third-order valence-electron chi connectivity index (χ3n) is 2.05. The molecule has 96 valence electrons. The lowest BCUT2D eigenvalue weighted by molar-refractivity contribution is 0.170. The van der Waals surface area contributed by atoms with Crippen molar-refractivity contribution in [2.75, 3.05) is 32.7 Å². The average molecular weight is 240 g/mol. The second-order valence-corrected chi connectivity index (χ2v) is 3.59. The number of pyridine rings is 1. The summed E-state index contributed by atoms with van der Waals surface area (Å²) in [7, 11) is 1.66. The number of methoxy groups -OCH3 is 1. The molecule has 0 spiro atoms.